The number of carbonyl (C=O) groups excluding carboxylic acids is 2. The van der Waals surface area contributed by atoms with Crippen molar-refractivity contribution in [3.05, 3.63) is 76.9 Å². The molecule has 190 valence electrons. The molecule has 0 saturated carbocycles. The van der Waals surface area contributed by atoms with E-state index in [4.69, 9.17) is 21.1 Å². The summed E-state index contributed by atoms with van der Waals surface area (Å²) < 4.78 is 11.1. The lowest BCUT2D eigenvalue weighted by Gasteiger charge is -2.19. The summed E-state index contributed by atoms with van der Waals surface area (Å²) in [4.78, 5) is 31.0. The third-order valence-electron chi connectivity index (χ3n) is 4.86. The van der Waals surface area contributed by atoms with E-state index in [1.165, 1.54) is 0 Å². The largest absolute Gasteiger partial charge is 0.493 e. The van der Waals surface area contributed by atoms with Crippen LogP contribution in [0.15, 0.2) is 60.7 Å². The molecular weight excluding hydrogens is 480 g/mol. The number of amides is 2. The first-order chi connectivity index (χ1) is 17.0. The van der Waals surface area contributed by atoms with Crippen LogP contribution in [0.4, 0.5) is 22.0 Å². The molecule has 2 N–H and O–H groups in total. The lowest BCUT2D eigenvalue weighted by atomic mass is 10.1. The van der Waals surface area contributed by atoms with Gasteiger partial charge in [0.15, 0.2) is 0 Å². The molecule has 1 heterocycles. The Bertz CT molecular complexity index is 1210. The van der Waals surface area contributed by atoms with Crippen LogP contribution in [-0.2, 0) is 11.2 Å². The zero-order valence-corrected chi connectivity index (χ0v) is 21.8. The minimum Gasteiger partial charge on any atom is -0.493 e. The Hall–Kier alpha value is -3.78. The second-order valence-electron chi connectivity index (χ2n) is 9.27. The predicted octanol–water partition coefficient (Wildman–Crippen LogP) is 6.02. The van der Waals surface area contributed by atoms with Crippen LogP contribution >= 0.6 is 11.6 Å². The molecule has 8 nitrogen and oxygen atoms in total. The Morgan fingerprint density at radius 3 is 2.39 bits per heavy atom. The molecule has 9 heteroatoms. The normalized spacial score (nSPS) is 10.9. The van der Waals surface area contributed by atoms with Crippen LogP contribution in [0, 0.1) is 0 Å². The van der Waals surface area contributed by atoms with Gasteiger partial charge in [-0.05, 0) is 75.4 Å². The first-order valence-corrected chi connectivity index (χ1v) is 11.8. The zero-order chi connectivity index (χ0) is 26.3. The number of nitrogens with one attached hydrogen (secondary N) is 2. The number of benzene rings is 2. The van der Waals surface area contributed by atoms with Crippen LogP contribution in [0.2, 0.25) is 5.02 Å². The van der Waals surface area contributed by atoms with Crippen LogP contribution in [0.25, 0.3) is 0 Å². The van der Waals surface area contributed by atoms with Gasteiger partial charge in [-0.3, -0.25) is 10.1 Å². The molecule has 0 aliphatic heterocycles. The fourth-order valence-corrected chi connectivity index (χ4v) is 3.44. The highest BCUT2D eigenvalue weighted by Gasteiger charge is 2.17. The maximum atomic E-state index is 12.8. The van der Waals surface area contributed by atoms with E-state index in [1.54, 1.807) is 69.3 Å². The second kappa shape index (κ2) is 11.8. The molecule has 0 spiro atoms. The van der Waals surface area contributed by atoms with Crippen molar-refractivity contribution in [1.29, 1.82) is 0 Å². The molecule has 0 aliphatic carbocycles. The van der Waals surface area contributed by atoms with Gasteiger partial charge in [0.25, 0.3) is 5.91 Å². The fraction of sp³-hybridized carbons (Fsp3) is 0.296. The number of hydrogen-bond acceptors (Lipinski definition) is 6. The van der Waals surface area contributed by atoms with Gasteiger partial charge in [0, 0.05) is 36.9 Å². The SMILES string of the molecule is CN(C)c1cc(Cl)ccc1C(=O)Nc1ccc(OCCc2cccc(NC(=O)OC(C)(C)C)n2)cc1. The maximum Gasteiger partial charge on any atom is 0.413 e. The Balaban J connectivity index is 1.52. The van der Waals surface area contributed by atoms with Gasteiger partial charge >= 0.3 is 6.09 Å². The third kappa shape index (κ3) is 8.16. The van der Waals surface area contributed by atoms with E-state index in [-0.39, 0.29) is 5.91 Å². The van der Waals surface area contributed by atoms with Crippen LogP contribution in [0.5, 0.6) is 5.75 Å². The van der Waals surface area contributed by atoms with Gasteiger partial charge in [-0.25, -0.2) is 9.78 Å². The molecule has 2 aromatic carbocycles. The molecule has 2 amide bonds. The van der Waals surface area contributed by atoms with Crippen LogP contribution in [0.1, 0.15) is 36.8 Å². The predicted molar refractivity (Wildman–Crippen MR) is 143 cm³/mol. The molecule has 3 aromatic rings. The Labute approximate surface area is 216 Å². The van der Waals surface area contributed by atoms with E-state index in [2.05, 4.69) is 15.6 Å². The summed E-state index contributed by atoms with van der Waals surface area (Å²) in [5, 5.41) is 6.10. The van der Waals surface area contributed by atoms with E-state index in [9.17, 15) is 9.59 Å². The Kier molecular flexibility index (Phi) is 8.77. The summed E-state index contributed by atoms with van der Waals surface area (Å²) in [6.45, 7) is 5.80. The summed E-state index contributed by atoms with van der Waals surface area (Å²) in [5.74, 6) is 0.853. The number of carbonyl (C=O) groups is 2. The van der Waals surface area contributed by atoms with Gasteiger partial charge in [0.2, 0.25) is 0 Å². The van der Waals surface area contributed by atoms with Crippen LogP contribution < -0.4 is 20.3 Å². The molecule has 0 radical (unpaired) electrons. The number of ether oxygens (including phenoxy) is 2. The standard InChI is InChI=1S/C27H31ClN4O4/c1-27(2,3)36-26(34)31-24-8-6-7-19(29-24)15-16-35-21-12-10-20(11-13-21)30-25(33)22-14-9-18(28)17-23(22)32(4)5/h6-14,17H,15-16H2,1-5H3,(H,30,33)(H,29,31,34). The second-order valence-corrected chi connectivity index (χ2v) is 9.71. The summed E-state index contributed by atoms with van der Waals surface area (Å²) in [6.07, 6.45) is -0.00349. The highest BCUT2D eigenvalue weighted by atomic mass is 35.5. The molecule has 0 bridgehead atoms. The summed E-state index contributed by atoms with van der Waals surface area (Å²) in [5.41, 5.74) is 2.10. The van der Waals surface area contributed by atoms with Crippen molar-refractivity contribution in [3.63, 3.8) is 0 Å². The number of hydrogen-bond donors (Lipinski definition) is 2. The van der Waals surface area contributed by atoms with Crippen molar-refractivity contribution in [2.75, 3.05) is 36.2 Å². The van der Waals surface area contributed by atoms with E-state index in [0.29, 0.717) is 40.9 Å². The number of nitrogens with zero attached hydrogens (tertiary/aromatic N) is 2. The first-order valence-electron chi connectivity index (χ1n) is 11.5. The van der Waals surface area contributed by atoms with Crippen molar-refractivity contribution in [1.82, 2.24) is 4.98 Å². The van der Waals surface area contributed by atoms with Crippen molar-refractivity contribution < 1.29 is 19.1 Å². The summed E-state index contributed by atoms with van der Waals surface area (Å²) in [6, 6.07) is 17.7. The Morgan fingerprint density at radius 1 is 1.00 bits per heavy atom. The van der Waals surface area contributed by atoms with Crippen LogP contribution in [-0.4, -0.2) is 43.3 Å². The van der Waals surface area contributed by atoms with Gasteiger partial charge in [0.1, 0.15) is 17.2 Å². The number of aromatic nitrogens is 1. The van der Waals surface area contributed by atoms with E-state index in [0.717, 1.165) is 11.4 Å². The highest BCUT2D eigenvalue weighted by molar-refractivity contribution is 6.31. The molecule has 0 atom stereocenters. The van der Waals surface area contributed by atoms with Crippen molar-refractivity contribution >= 4 is 40.8 Å². The quantitative estimate of drug-likeness (QED) is 0.385. The van der Waals surface area contributed by atoms with E-state index < -0.39 is 11.7 Å². The molecule has 3 rings (SSSR count). The first kappa shape index (κ1) is 26.8. The van der Waals surface area contributed by atoms with Gasteiger partial charge in [0.05, 0.1) is 17.9 Å². The maximum absolute atomic E-state index is 12.8. The fourth-order valence-electron chi connectivity index (χ4n) is 3.27. The molecule has 0 saturated heterocycles. The molecule has 0 aliphatic rings. The van der Waals surface area contributed by atoms with E-state index >= 15 is 0 Å². The minimum atomic E-state index is -0.584. The number of pyridine rings is 1. The Morgan fingerprint density at radius 2 is 1.72 bits per heavy atom. The average molecular weight is 511 g/mol. The van der Waals surface area contributed by atoms with Crippen molar-refractivity contribution in [2.45, 2.75) is 32.8 Å². The van der Waals surface area contributed by atoms with Crippen LogP contribution in [0.3, 0.4) is 0 Å². The van der Waals surface area contributed by atoms with Crippen molar-refractivity contribution in [3.8, 4) is 5.75 Å². The van der Waals surface area contributed by atoms with Gasteiger partial charge in [-0.1, -0.05) is 17.7 Å². The topological polar surface area (TPSA) is 92.8 Å². The molecular formula is C27H31ClN4O4. The summed E-state index contributed by atoms with van der Waals surface area (Å²) in [7, 11) is 3.72. The lowest BCUT2D eigenvalue weighted by molar-refractivity contribution is 0.0635. The number of anilines is 3. The van der Waals surface area contributed by atoms with Gasteiger partial charge in [-0.2, -0.15) is 0 Å². The highest BCUT2D eigenvalue weighted by Crippen LogP contribution is 2.25. The zero-order valence-electron chi connectivity index (χ0n) is 21.1. The summed E-state index contributed by atoms with van der Waals surface area (Å²) >= 11 is 6.07. The molecule has 0 fully saturated rings. The van der Waals surface area contributed by atoms with E-state index in [1.807, 2.05) is 31.1 Å². The number of rotatable bonds is 8. The smallest absolute Gasteiger partial charge is 0.413 e. The lowest BCUT2D eigenvalue weighted by Crippen LogP contribution is -2.27. The number of halogens is 1. The molecule has 1 aromatic heterocycles. The minimum absolute atomic E-state index is 0.227. The van der Waals surface area contributed by atoms with Gasteiger partial charge in [-0.15, -0.1) is 0 Å². The van der Waals surface area contributed by atoms with Crippen molar-refractivity contribution in [2.24, 2.45) is 0 Å². The molecule has 36 heavy (non-hydrogen) atoms. The molecule has 0 unspecified atom stereocenters. The van der Waals surface area contributed by atoms with Gasteiger partial charge < -0.3 is 19.7 Å². The average Bonchev–Trinajstić information content (AvgIpc) is 2.79. The monoisotopic (exact) mass is 510 g/mol. The third-order valence-corrected chi connectivity index (χ3v) is 5.10.